The molecule has 5 rings (SSSR count). The number of halogens is 3. The highest BCUT2D eigenvalue weighted by Crippen LogP contribution is 2.37. The van der Waals surface area contributed by atoms with Crippen molar-refractivity contribution < 1.29 is 23.4 Å². The summed E-state index contributed by atoms with van der Waals surface area (Å²) >= 11 is 0. The fourth-order valence-electron chi connectivity index (χ4n) is 4.76. The summed E-state index contributed by atoms with van der Waals surface area (Å²) in [6.07, 6.45) is 5.57. The zero-order valence-electron chi connectivity index (χ0n) is 17.8. The second kappa shape index (κ2) is 8.79. The van der Waals surface area contributed by atoms with Crippen LogP contribution in [0.25, 0.3) is 11.2 Å². The molecular formula is C22H25F3N6O2. The van der Waals surface area contributed by atoms with E-state index in [2.05, 4.69) is 25.6 Å². The van der Waals surface area contributed by atoms with Crippen LogP contribution in [0.15, 0.2) is 18.3 Å². The Hall–Kier alpha value is -2.92. The predicted molar refractivity (Wildman–Crippen MR) is 116 cm³/mol. The molecule has 0 aliphatic heterocycles. The lowest BCUT2D eigenvalue weighted by atomic mass is 9.93. The molecule has 0 amide bonds. The topological polar surface area (TPSA) is 108 Å². The van der Waals surface area contributed by atoms with Crippen LogP contribution in [0.3, 0.4) is 0 Å². The molecule has 11 heteroatoms. The molecule has 3 aromatic rings. The number of benzene rings is 1. The van der Waals surface area contributed by atoms with Crippen LogP contribution in [0, 0.1) is 17.5 Å². The van der Waals surface area contributed by atoms with Crippen LogP contribution in [0.2, 0.25) is 0 Å². The molecule has 4 N–H and O–H groups in total. The summed E-state index contributed by atoms with van der Waals surface area (Å²) in [5.41, 5.74) is 0.274. The largest absolute Gasteiger partial charge is 0.393 e. The SMILES string of the molecule is OC1CCC(Nc2ncc3nc(Nc4c(F)cc(F)cc4F)n(C4CCCC4O)c3n2)CC1. The average Bonchev–Trinajstić information content (AvgIpc) is 3.34. The Balaban J connectivity index is 1.53. The van der Waals surface area contributed by atoms with Gasteiger partial charge in [-0.1, -0.05) is 0 Å². The minimum Gasteiger partial charge on any atom is -0.393 e. The average molecular weight is 462 g/mol. The van der Waals surface area contributed by atoms with Gasteiger partial charge in [0.25, 0.3) is 0 Å². The van der Waals surface area contributed by atoms with Crippen molar-refractivity contribution in [2.75, 3.05) is 10.6 Å². The number of rotatable bonds is 5. The number of aromatic nitrogens is 4. The maximum atomic E-state index is 14.3. The monoisotopic (exact) mass is 462 g/mol. The van der Waals surface area contributed by atoms with Crippen molar-refractivity contribution in [3.8, 4) is 0 Å². The molecule has 2 aliphatic carbocycles. The third-order valence-corrected chi connectivity index (χ3v) is 6.48. The number of nitrogens with zero attached hydrogens (tertiary/aromatic N) is 4. The first-order chi connectivity index (χ1) is 15.9. The van der Waals surface area contributed by atoms with Gasteiger partial charge in [0.05, 0.1) is 24.4 Å². The van der Waals surface area contributed by atoms with E-state index in [1.807, 2.05) is 0 Å². The Labute approximate surface area is 187 Å². The molecule has 2 saturated carbocycles. The van der Waals surface area contributed by atoms with Gasteiger partial charge in [-0.2, -0.15) is 4.98 Å². The van der Waals surface area contributed by atoms with E-state index >= 15 is 0 Å². The van der Waals surface area contributed by atoms with E-state index in [9.17, 15) is 23.4 Å². The van der Waals surface area contributed by atoms with E-state index in [1.54, 1.807) is 4.57 Å². The Bertz CT molecular complexity index is 1140. The van der Waals surface area contributed by atoms with Crippen LogP contribution in [0.5, 0.6) is 0 Å². The number of hydrogen-bond donors (Lipinski definition) is 4. The first-order valence-electron chi connectivity index (χ1n) is 11.2. The van der Waals surface area contributed by atoms with Gasteiger partial charge in [0.2, 0.25) is 11.9 Å². The summed E-state index contributed by atoms with van der Waals surface area (Å²) in [7, 11) is 0. The second-order valence-corrected chi connectivity index (χ2v) is 8.79. The molecule has 1 aromatic carbocycles. The molecule has 2 atom stereocenters. The Morgan fingerprint density at radius 2 is 1.67 bits per heavy atom. The van der Waals surface area contributed by atoms with Crippen molar-refractivity contribution in [2.45, 2.75) is 69.2 Å². The van der Waals surface area contributed by atoms with Crippen molar-refractivity contribution in [1.29, 1.82) is 0 Å². The van der Waals surface area contributed by atoms with E-state index in [4.69, 9.17) is 0 Å². The first kappa shape index (κ1) is 21.9. The summed E-state index contributed by atoms with van der Waals surface area (Å²) in [5, 5.41) is 26.2. The lowest BCUT2D eigenvalue weighted by Crippen LogP contribution is -2.29. The Morgan fingerprint density at radius 1 is 0.939 bits per heavy atom. The summed E-state index contributed by atoms with van der Waals surface area (Å²) in [4.78, 5) is 13.3. The molecule has 0 spiro atoms. The van der Waals surface area contributed by atoms with Gasteiger partial charge in [0.15, 0.2) is 17.3 Å². The standard InChI is InChI=1S/C22H25F3N6O2/c23-11-8-14(24)19(15(25)9-11)29-22-28-16-10-26-21(27-12-4-6-13(32)7-5-12)30-20(16)31(22)17-2-1-3-18(17)33/h8-10,12-13,17-18,32-33H,1-7H2,(H,28,29)(H,26,27,30). The van der Waals surface area contributed by atoms with Crippen LogP contribution < -0.4 is 10.6 Å². The summed E-state index contributed by atoms with van der Waals surface area (Å²) in [6, 6.07) is 0.910. The fourth-order valence-corrected chi connectivity index (χ4v) is 4.76. The van der Waals surface area contributed by atoms with Gasteiger partial charge in [-0.25, -0.2) is 23.1 Å². The number of anilines is 3. The third-order valence-electron chi connectivity index (χ3n) is 6.48. The molecule has 176 valence electrons. The number of aliphatic hydroxyl groups excluding tert-OH is 2. The fraction of sp³-hybridized carbons (Fsp3) is 0.500. The van der Waals surface area contributed by atoms with E-state index in [0.29, 0.717) is 54.9 Å². The van der Waals surface area contributed by atoms with Crippen LogP contribution in [-0.4, -0.2) is 48.0 Å². The molecule has 2 heterocycles. The third kappa shape index (κ3) is 4.34. The van der Waals surface area contributed by atoms with Crippen molar-refractivity contribution in [3.63, 3.8) is 0 Å². The normalized spacial score (nSPS) is 25.5. The van der Waals surface area contributed by atoms with Gasteiger partial charge in [0, 0.05) is 18.2 Å². The second-order valence-electron chi connectivity index (χ2n) is 8.79. The minimum absolute atomic E-state index is 0.0904. The molecule has 0 bridgehead atoms. The molecule has 2 unspecified atom stereocenters. The summed E-state index contributed by atoms with van der Waals surface area (Å²) < 4.78 is 43.6. The highest BCUT2D eigenvalue weighted by Gasteiger charge is 2.32. The van der Waals surface area contributed by atoms with Gasteiger partial charge in [-0.3, -0.25) is 4.57 Å². The number of hydrogen-bond acceptors (Lipinski definition) is 7. The van der Waals surface area contributed by atoms with Crippen LogP contribution in [0.1, 0.15) is 51.0 Å². The minimum atomic E-state index is -1.09. The molecular weight excluding hydrogens is 437 g/mol. The lowest BCUT2D eigenvalue weighted by molar-refractivity contribution is 0.126. The van der Waals surface area contributed by atoms with Gasteiger partial charge >= 0.3 is 0 Å². The smallest absolute Gasteiger partial charge is 0.224 e. The van der Waals surface area contributed by atoms with E-state index in [1.165, 1.54) is 6.20 Å². The maximum absolute atomic E-state index is 14.3. The van der Waals surface area contributed by atoms with Crippen molar-refractivity contribution >= 4 is 28.7 Å². The van der Waals surface area contributed by atoms with Crippen LogP contribution >= 0.6 is 0 Å². The number of imidazole rings is 1. The molecule has 33 heavy (non-hydrogen) atoms. The molecule has 0 saturated heterocycles. The van der Waals surface area contributed by atoms with Crippen LogP contribution in [0.4, 0.5) is 30.8 Å². The molecule has 2 fully saturated rings. The van der Waals surface area contributed by atoms with E-state index in [-0.39, 0.29) is 18.1 Å². The molecule has 2 aromatic heterocycles. The van der Waals surface area contributed by atoms with Crippen molar-refractivity contribution in [3.05, 3.63) is 35.8 Å². The van der Waals surface area contributed by atoms with Gasteiger partial charge in [0.1, 0.15) is 17.0 Å². The Kier molecular flexibility index (Phi) is 5.83. The maximum Gasteiger partial charge on any atom is 0.224 e. The zero-order valence-corrected chi connectivity index (χ0v) is 17.8. The number of fused-ring (bicyclic) bond motifs is 1. The predicted octanol–water partition coefficient (Wildman–Crippen LogP) is 3.79. The van der Waals surface area contributed by atoms with E-state index < -0.39 is 35.3 Å². The quantitative estimate of drug-likeness (QED) is 0.457. The summed E-state index contributed by atoms with van der Waals surface area (Å²) in [5.74, 6) is -2.74. The van der Waals surface area contributed by atoms with Gasteiger partial charge in [-0.05, 0) is 44.9 Å². The van der Waals surface area contributed by atoms with Gasteiger partial charge < -0.3 is 20.8 Å². The highest BCUT2D eigenvalue weighted by atomic mass is 19.1. The Morgan fingerprint density at radius 3 is 2.33 bits per heavy atom. The lowest BCUT2D eigenvalue weighted by Gasteiger charge is -2.26. The molecule has 2 aliphatic rings. The van der Waals surface area contributed by atoms with E-state index in [0.717, 1.165) is 19.3 Å². The van der Waals surface area contributed by atoms with Gasteiger partial charge in [-0.15, -0.1) is 0 Å². The van der Waals surface area contributed by atoms with Crippen LogP contribution in [-0.2, 0) is 0 Å². The van der Waals surface area contributed by atoms with Crippen molar-refractivity contribution in [1.82, 2.24) is 19.5 Å². The summed E-state index contributed by atoms with van der Waals surface area (Å²) in [6.45, 7) is 0. The first-order valence-corrected chi connectivity index (χ1v) is 11.2. The molecule has 8 nitrogen and oxygen atoms in total. The number of nitrogens with one attached hydrogen (secondary N) is 2. The van der Waals surface area contributed by atoms with Crippen molar-refractivity contribution in [2.24, 2.45) is 0 Å². The highest BCUT2D eigenvalue weighted by molar-refractivity contribution is 5.77. The number of aliphatic hydroxyl groups is 2. The molecule has 0 radical (unpaired) electrons. The zero-order chi connectivity index (χ0) is 23.1.